The number of hydrogen-bond donors (Lipinski definition) is 1. The van der Waals surface area contributed by atoms with Crippen LogP contribution in [0.5, 0.6) is 11.5 Å². The molecule has 1 amide bonds. The fourth-order valence-corrected chi connectivity index (χ4v) is 4.02. The van der Waals surface area contributed by atoms with Crippen molar-refractivity contribution in [2.24, 2.45) is 5.92 Å². The number of ether oxygens (including phenoxy) is 2. The Bertz CT molecular complexity index is 1120. The molecule has 1 saturated heterocycles. The van der Waals surface area contributed by atoms with Gasteiger partial charge in [-0.1, -0.05) is 12.1 Å². The number of amides is 1. The summed E-state index contributed by atoms with van der Waals surface area (Å²) in [5.74, 6) is 1.85. The lowest BCUT2D eigenvalue weighted by atomic mass is 9.95. The van der Waals surface area contributed by atoms with Gasteiger partial charge in [0.05, 0.1) is 19.9 Å². The Balaban J connectivity index is 1.34. The lowest BCUT2D eigenvalue weighted by molar-refractivity contribution is -0.125. The Morgan fingerprint density at radius 2 is 1.91 bits per heavy atom. The molecule has 0 radical (unpaired) electrons. The normalized spacial score (nSPS) is 14.1. The van der Waals surface area contributed by atoms with E-state index >= 15 is 0 Å². The van der Waals surface area contributed by atoms with Gasteiger partial charge in [0.25, 0.3) is 0 Å². The van der Waals surface area contributed by atoms with Crippen LogP contribution in [0.2, 0.25) is 0 Å². The average Bonchev–Trinajstić information content (AvgIpc) is 2.87. The number of nitrogens with one attached hydrogen (secondary N) is 1. The summed E-state index contributed by atoms with van der Waals surface area (Å²) in [5, 5.41) is 3.03. The first-order valence-electron chi connectivity index (χ1n) is 10.9. The van der Waals surface area contributed by atoms with Crippen LogP contribution < -0.4 is 19.7 Å². The number of nitrogens with zero attached hydrogens (tertiary/aromatic N) is 3. The van der Waals surface area contributed by atoms with Crippen molar-refractivity contribution in [1.29, 1.82) is 0 Å². The Labute approximate surface area is 192 Å². The van der Waals surface area contributed by atoms with Crippen LogP contribution >= 0.6 is 0 Å². The molecule has 0 spiro atoms. The van der Waals surface area contributed by atoms with Crippen molar-refractivity contribution < 1.29 is 18.7 Å². The minimum Gasteiger partial charge on any atom is -0.497 e. The van der Waals surface area contributed by atoms with Crippen LogP contribution in [0.4, 0.5) is 10.2 Å². The van der Waals surface area contributed by atoms with Crippen molar-refractivity contribution in [1.82, 2.24) is 15.3 Å². The summed E-state index contributed by atoms with van der Waals surface area (Å²) in [6.07, 6.45) is 2.95. The SMILES string of the molecule is COc1ccc(CNC(=O)C2CCN(c3cc(-c4cccc(F)c4)ncn3)CC2)c(OC)c1. The molecule has 1 aliphatic heterocycles. The fourth-order valence-electron chi connectivity index (χ4n) is 4.02. The van der Waals surface area contributed by atoms with Crippen molar-refractivity contribution in [2.45, 2.75) is 19.4 Å². The van der Waals surface area contributed by atoms with Gasteiger partial charge in [-0.2, -0.15) is 0 Å². The van der Waals surface area contributed by atoms with Gasteiger partial charge in [-0.25, -0.2) is 14.4 Å². The lowest BCUT2D eigenvalue weighted by Gasteiger charge is -2.32. The molecule has 0 atom stereocenters. The molecule has 33 heavy (non-hydrogen) atoms. The Morgan fingerprint density at radius 3 is 2.64 bits per heavy atom. The van der Waals surface area contributed by atoms with Crippen molar-refractivity contribution >= 4 is 11.7 Å². The maximum atomic E-state index is 13.6. The third-order valence-corrected chi connectivity index (χ3v) is 5.91. The maximum Gasteiger partial charge on any atom is 0.223 e. The Kier molecular flexibility index (Phi) is 7.02. The quantitative estimate of drug-likeness (QED) is 0.590. The maximum absolute atomic E-state index is 13.6. The van der Waals surface area contributed by atoms with E-state index in [2.05, 4.69) is 20.2 Å². The van der Waals surface area contributed by atoms with E-state index in [1.165, 1.54) is 18.5 Å². The molecule has 2 heterocycles. The largest absolute Gasteiger partial charge is 0.497 e. The number of anilines is 1. The predicted molar refractivity (Wildman–Crippen MR) is 124 cm³/mol. The molecule has 8 heteroatoms. The molecule has 0 bridgehead atoms. The number of rotatable bonds is 7. The van der Waals surface area contributed by atoms with Gasteiger partial charge in [-0.3, -0.25) is 4.79 Å². The number of carbonyl (C=O) groups is 1. The van der Waals surface area contributed by atoms with Crippen LogP contribution in [0.1, 0.15) is 18.4 Å². The third-order valence-electron chi connectivity index (χ3n) is 5.91. The standard InChI is InChI=1S/C25H27FN4O3/c1-32-21-7-6-19(23(13-21)33-2)15-27-25(31)17-8-10-30(11-9-17)24-14-22(28-16-29-24)18-4-3-5-20(26)12-18/h3-7,12-14,16-17H,8-11,15H2,1-2H3,(H,27,31). The van der Waals surface area contributed by atoms with Gasteiger partial charge < -0.3 is 19.7 Å². The van der Waals surface area contributed by atoms with E-state index in [0.29, 0.717) is 42.4 Å². The van der Waals surface area contributed by atoms with Gasteiger partial charge in [0.15, 0.2) is 0 Å². The minimum absolute atomic E-state index is 0.0376. The first-order chi connectivity index (χ1) is 16.1. The highest BCUT2D eigenvalue weighted by Gasteiger charge is 2.26. The average molecular weight is 451 g/mol. The molecule has 172 valence electrons. The van der Waals surface area contributed by atoms with Gasteiger partial charge in [-0.05, 0) is 37.1 Å². The Hall–Kier alpha value is -3.68. The van der Waals surface area contributed by atoms with Crippen LogP contribution in [0.15, 0.2) is 54.9 Å². The third kappa shape index (κ3) is 5.39. The summed E-state index contributed by atoms with van der Waals surface area (Å²) in [6.45, 7) is 1.82. The second-order valence-electron chi connectivity index (χ2n) is 7.93. The van der Waals surface area contributed by atoms with E-state index in [1.807, 2.05) is 24.3 Å². The lowest BCUT2D eigenvalue weighted by Crippen LogP contribution is -2.40. The number of methoxy groups -OCH3 is 2. The zero-order valence-corrected chi connectivity index (χ0v) is 18.8. The predicted octanol–water partition coefficient (Wildman–Crippen LogP) is 3.83. The number of aromatic nitrogens is 2. The highest BCUT2D eigenvalue weighted by Crippen LogP contribution is 2.27. The van der Waals surface area contributed by atoms with E-state index < -0.39 is 0 Å². The summed E-state index contributed by atoms with van der Waals surface area (Å²) in [4.78, 5) is 23.6. The second-order valence-corrected chi connectivity index (χ2v) is 7.93. The zero-order valence-electron chi connectivity index (χ0n) is 18.8. The molecule has 3 aromatic rings. The van der Waals surface area contributed by atoms with E-state index in [1.54, 1.807) is 26.4 Å². The number of hydrogen-bond acceptors (Lipinski definition) is 6. The van der Waals surface area contributed by atoms with Crippen LogP contribution in [0.25, 0.3) is 11.3 Å². The van der Waals surface area contributed by atoms with Crippen molar-refractivity contribution in [3.8, 4) is 22.8 Å². The van der Waals surface area contributed by atoms with Gasteiger partial charge in [0.1, 0.15) is 29.5 Å². The fraction of sp³-hybridized carbons (Fsp3) is 0.320. The highest BCUT2D eigenvalue weighted by atomic mass is 19.1. The smallest absolute Gasteiger partial charge is 0.223 e. The van der Waals surface area contributed by atoms with E-state index in [4.69, 9.17) is 9.47 Å². The monoisotopic (exact) mass is 450 g/mol. The van der Waals surface area contributed by atoms with E-state index in [0.717, 1.165) is 24.2 Å². The second kappa shape index (κ2) is 10.3. The molecule has 1 aromatic heterocycles. The number of halogens is 1. The number of carbonyl (C=O) groups excluding carboxylic acids is 1. The molecule has 1 fully saturated rings. The molecular weight excluding hydrogens is 423 g/mol. The van der Waals surface area contributed by atoms with E-state index in [9.17, 15) is 9.18 Å². The van der Waals surface area contributed by atoms with Crippen molar-refractivity contribution in [3.05, 3.63) is 66.2 Å². The molecule has 7 nitrogen and oxygen atoms in total. The Morgan fingerprint density at radius 1 is 1.09 bits per heavy atom. The summed E-state index contributed by atoms with van der Waals surface area (Å²) in [7, 11) is 3.20. The number of piperidine rings is 1. The molecule has 1 N–H and O–H groups in total. The molecule has 0 aliphatic carbocycles. The molecular formula is C25H27FN4O3. The minimum atomic E-state index is -0.299. The van der Waals surface area contributed by atoms with Gasteiger partial charge >= 0.3 is 0 Å². The summed E-state index contributed by atoms with van der Waals surface area (Å²) in [5.41, 5.74) is 2.28. The van der Waals surface area contributed by atoms with Crippen LogP contribution in [0, 0.1) is 11.7 Å². The molecule has 2 aromatic carbocycles. The van der Waals surface area contributed by atoms with Gasteiger partial charge in [0, 0.05) is 48.8 Å². The van der Waals surface area contributed by atoms with Crippen LogP contribution in [0.3, 0.4) is 0 Å². The summed E-state index contributed by atoms with van der Waals surface area (Å²) < 4.78 is 24.2. The van der Waals surface area contributed by atoms with Crippen LogP contribution in [-0.4, -0.2) is 43.2 Å². The van der Waals surface area contributed by atoms with Crippen molar-refractivity contribution in [3.63, 3.8) is 0 Å². The summed E-state index contributed by atoms with van der Waals surface area (Å²) in [6, 6.07) is 13.8. The van der Waals surface area contributed by atoms with Gasteiger partial charge in [0.2, 0.25) is 5.91 Å². The topological polar surface area (TPSA) is 76.6 Å². The molecule has 0 saturated carbocycles. The molecule has 1 aliphatic rings. The van der Waals surface area contributed by atoms with Crippen LogP contribution in [-0.2, 0) is 11.3 Å². The highest BCUT2D eigenvalue weighted by molar-refractivity contribution is 5.79. The molecule has 0 unspecified atom stereocenters. The summed E-state index contributed by atoms with van der Waals surface area (Å²) >= 11 is 0. The van der Waals surface area contributed by atoms with Crippen molar-refractivity contribution in [2.75, 3.05) is 32.2 Å². The zero-order chi connectivity index (χ0) is 23.2. The first kappa shape index (κ1) is 22.5. The first-order valence-corrected chi connectivity index (χ1v) is 10.9. The van der Waals surface area contributed by atoms with Gasteiger partial charge in [-0.15, -0.1) is 0 Å². The molecule has 4 rings (SSSR count). The number of benzene rings is 2. The van der Waals surface area contributed by atoms with E-state index in [-0.39, 0.29) is 17.6 Å².